The Morgan fingerprint density at radius 2 is 1.68 bits per heavy atom. The molecule has 2 nitrogen and oxygen atoms in total. The van der Waals surface area contributed by atoms with Crippen molar-refractivity contribution in [3.8, 4) is 0 Å². The first-order valence-corrected chi connectivity index (χ1v) is 6.54. The Labute approximate surface area is 121 Å². The average molecular weight is 295 g/mol. The van der Waals surface area contributed by atoms with Gasteiger partial charge in [0.2, 0.25) is 0 Å². The molecule has 4 heteroatoms. The molecule has 0 amide bonds. The van der Waals surface area contributed by atoms with Crippen molar-refractivity contribution in [3.05, 3.63) is 69.7 Å². The van der Waals surface area contributed by atoms with Gasteiger partial charge in [-0.25, -0.2) is 0 Å². The minimum atomic E-state index is -0.290. The van der Waals surface area contributed by atoms with Gasteiger partial charge in [0.25, 0.3) is 0 Å². The first-order chi connectivity index (χ1) is 9.15. The van der Waals surface area contributed by atoms with Crippen LogP contribution in [0.15, 0.2) is 48.5 Å². The Hall–Kier alpha value is -1.51. The van der Waals surface area contributed by atoms with E-state index in [0.29, 0.717) is 10.0 Å². The van der Waals surface area contributed by atoms with E-state index in [1.165, 1.54) is 0 Å². The van der Waals surface area contributed by atoms with Gasteiger partial charge in [-0.2, -0.15) is 0 Å². The Morgan fingerprint density at radius 3 is 2.37 bits per heavy atom. The predicted octanol–water partition coefficient (Wildman–Crippen LogP) is 4.28. The summed E-state index contributed by atoms with van der Waals surface area (Å²) < 4.78 is 5.19. The van der Waals surface area contributed by atoms with E-state index in [9.17, 15) is 4.79 Å². The zero-order chi connectivity index (χ0) is 13.7. The molecule has 0 unspecified atom stereocenters. The topological polar surface area (TPSA) is 26.3 Å². The lowest BCUT2D eigenvalue weighted by Gasteiger charge is -2.05. The van der Waals surface area contributed by atoms with Crippen LogP contribution >= 0.6 is 23.2 Å². The standard InChI is InChI=1S/C15H12Cl2O2/c16-13-7-6-12(8-14(13)17)9-15(18)19-10-11-4-2-1-3-5-11/h1-8H,9-10H2. The van der Waals surface area contributed by atoms with Crippen LogP contribution in [-0.2, 0) is 22.6 Å². The van der Waals surface area contributed by atoms with Crippen LogP contribution < -0.4 is 0 Å². The molecular weight excluding hydrogens is 283 g/mol. The van der Waals surface area contributed by atoms with E-state index in [4.69, 9.17) is 27.9 Å². The second kappa shape index (κ2) is 6.60. The van der Waals surface area contributed by atoms with Gasteiger partial charge in [-0.3, -0.25) is 4.79 Å². The quantitative estimate of drug-likeness (QED) is 0.787. The van der Waals surface area contributed by atoms with Crippen LogP contribution in [0.3, 0.4) is 0 Å². The molecule has 2 rings (SSSR count). The number of carbonyl (C=O) groups is 1. The number of rotatable bonds is 4. The lowest BCUT2D eigenvalue weighted by molar-refractivity contribution is -0.144. The Morgan fingerprint density at radius 1 is 0.947 bits per heavy atom. The molecule has 0 N–H and O–H groups in total. The Balaban J connectivity index is 1.89. The van der Waals surface area contributed by atoms with Gasteiger partial charge in [0.1, 0.15) is 6.61 Å². The molecule has 98 valence electrons. The van der Waals surface area contributed by atoms with Crippen LogP contribution in [0.1, 0.15) is 11.1 Å². The molecule has 0 radical (unpaired) electrons. The van der Waals surface area contributed by atoms with Gasteiger partial charge in [-0.15, -0.1) is 0 Å². The number of benzene rings is 2. The highest BCUT2D eigenvalue weighted by Crippen LogP contribution is 2.22. The molecule has 2 aromatic rings. The molecular formula is C15H12Cl2O2. The normalized spacial score (nSPS) is 10.2. The van der Waals surface area contributed by atoms with Crippen LogP contribution in [0.5, 0.6) is 0 Å². The van der Waals surface area contributed by atoms with Gasteiger partial charge in [0.05, 0.1) is 16.5 Å². The van der Waals surface area contributed by atoms with E-state index in [-0.39, 0.29) is 19.0 Å². The summed E-state index contributed by atoms with van der Waals surface area (Å²) in [4.78, 5) is 11.7. The molecule has 0 aliphatic carbocycles. The van der Waals surface area contributed by atoms with Crippen molar-refractivity contribution in [2.24, 2.45) is 0 Å². The van der Waals surface area contributed by atoms with E-state index >= 15 is 0 Å². The number of hydrogen-bond acceptors (Lipinski definition) is 2. The van der Waals surface area contributed by atoms with E-state index < -0.39 is 0 Å². The Bertz CT molecular complexity index is 568. The number of carbonyl (C=O) groups excluding carboxylic acids is 1. The number of ether oxygens (including phenoxy) is 1. The van der Waals surface area contributed by atoms with Crippen molar-refractivity contribution in [2.75, 3.05) is 0 Å². The molecule has 19 heavy (non-hydrogen) atoms. The molecule has 0 saturated carbocycles. The zero-order valence-corrected chi connectivity index (χ0v) is 11.6. The zero-order valence-electron chi connectivity index (χ0n) is 10.1. The summed E-state index contributed by atoms with van der Waals surface area (Å²) in [6.07, 6.45) is 0.184. The van der Waals surface area contributed by atoms with Crippen molar-refractivity contribution in [3.63, 3.8) is 0 Å². The monoisotopic (exact) mass is 294 g/mol. The molecule has 0 fully saturated rings. The second-order valence-corrected chi connectivity index (χ2v) is 4.89. The fraction of sp³-hybridized carbons (Fsp3) is 0.133. The van der Waals surface area contributed by atoms with E-state index in [0.717, 1.165) is 11.1 Å². The third-order valence-corrected chi connectivity index (χ3v) is 3.31. The molecule has 2 aromatic carbocycles. The van der Waals surface area contributed by atoms with Crippen LogP contribution in [0, 0.1) is 0 Å². The van der Waals surface area contributed by atoms with Crippen LogP contribution in [-0.4, -0.2) is 5.97 Å². The molecule has 0 aliphatic heterocycles. The summed E-state index contributed by atoms with van der Waals surface area (Å²) in [5.41, 5.74) is 1.75. The molecule has 0 spiro atoms. The molecule has 0 aliphatic rings. The van der Waals surface area contributed by atoms with Gasteiger partial charge in [-0.1, -0.05) is 59.6 Å². The van der Waals surface area contributed by atoms with Gasteiger partial charge < -0.3 is 4.74 Å². The fourth-order valence-corrected chi connectivity index (χ4v) is 1.93. The fourth-order valence-electron chi connectivity index (χ4n) is 1.61. The van der Waals surface area contributed by atoms with Crippen molar-refractivity contribution in [1.29, 1.82) is 0 Å². The minimum absolute atomic E-state index is 0.184. The highest BCUT2D eigenvalue weighted by Gasteiger charge is 2.07. The highest BCUT2D eigenvalue weighted by molar-refractivity contribution is 6.42. The lowest BCUT2D eigenvalue weighted by Crippen LogP contribution is -2.07. The first-order valence-electron chi connectivity index (χ1n) is 5.78. The summed E-state index contributed by atoms with van der Waals surface area (Å²) in [6, 6.07) is 14.7. The largest absolute Gasteiger partial charge is 0.461 e. The average Bonchev–Trinajstić information content (AvgIpc) is 2.42. The van der Waals surface area contributed by atoms with Gasteiger partial charge >= 0.3 is 5.97 Å². The van der Waals surface area contributed by atoms with Gasteiger partial charge in [0, 0.05) is 0 Å². The predicted molar refractivity (Wildman–Crippen MR) is 76.4 cm³/mol. The van der Waals surface area contributed by atoms with E-state index in [2.05, 4.69) is 0 Å². The maximum atomic E-state index is 11.7. The molecule has 0 bridgehead atoms. The third-order valence-electron chi connectivity index (χ3n) is 2.58. The number of esters is 1. The Kier molecular flexibility index (Phi) is 4.83. The summed E-state index contributed by atoms with van der Waals surface area (Å²) in [7, 11) is 0. The molecule has 0 heterocycles. The number of hydrogen-bond donors (Lipinski definition) is 0. The maximum Gasteiger partial charge on any atom is 0.310 e. The summed E-state index contributed by atoms with van der Waals surface area (Å²) in [6.45, 7) is 0.279. The summed E-state index contributed by atoms with van der Waals surface area (Å²) in [5, 5.41) is 0.915. The summed E-state index contributed by atoms with van der Waals surface area (Å²) in [5.74, 6) is -0.290. The van der Waals surface area contributed by atoms with Gasteiger partial charge in [-0.05, 0) is 23.3 Å². The van der Waals surface area contributed by atoms with Crippen molar-refractivity contribution in [1.82, 2.24) is 0 Å². The molecule has 0 saturated heterocycles. The SMILES string of the molecule is O=C(Cc1ccc(Cl)c(Cl)c1)OCc1ccccc1. The van der Waals surface area contributed by atoms with E-state index in [1.54, 1.807) is 18.2 Å². The summed E-state index contributed by atoms with van der Waals surface area (Å²) >= 11 is 11.7. The molecule has 0 aromatic heterocycles. The lowest BCUT2D eigenvalue weighted by atomic mass is 10.1. The van der Waals surface area contributed by atoms with Crippen molar-refractivity contribution >= 4 is 29.2 Å². The second-order valence-electron chi connectivity index (χ2n) is 4.07. The van der Waals surface area contributed by atoms with Crippen molar-refractivity contribution < 1.29 is 9.53 Å². The first kappa shape index (κ1) is 13.9. The number of halogens is 2. The van der Waals surface area contributed by atoms with Crippen LogP contribution in [0.4, 0.5) is 0 Å². The van der Waals surface area contributed by atoms with E-state index in [1.807, 2.05) is 30.3 Å². The minimum Gasteiger partial charge on any atom is -0.461 e. The maximum absolute atomic E-state index is 11.7. The van der Waals surface area contributed by atoms with Crippen LogP contribution in [0.25, 0.3) is 0 Å². The smallest absolute Gasteiger partial charge is 0.310 e. The molecule has 0 atom stereocenters. The van der Waals surface area contributed by atoms with Crippen molar-refractivity contribution in [2.45, 2.75) is 13.0 Å². The van der Waals surface area contributed by atoms with Gasteiger partial charge in [0.15, 0.2) is 0 Å². The van der Waals surface area contributed by atoms with Crippen LogP contribution in [0.2, 0.25) is 10.0 Å². The third kappa shape index (κ3) is 4.27. The highest BCUT2D eigenvalue weighted by atomic mass is 35.5.